The number of anilines is 1. The molecule has 0 spiro atoms. The number of benzene rings is 1. The fourth-order valence-corrected chi connectivity index (χ4v) is 3.93. The average molecular weight is 390 g/mol. The van der Waals surface area contributed by atoms with Crippen LogP contribution in [0.2, 0.25) is 10.0 Å². The molecule has 25 heavy (non-hydrogen) atoms. The number of halogens is 2. The molecular weight excluding hydrogens is 381 g/mol. The van der Waals surface area contributed by atoms with Gasteiger partial charge >= 0.3 is 0 Å². The summed E-state index contributed by atoms with van der Waals surface area (Å²) in [6.07, 6.45) is 1.28. The van der Waals surface area contributed by atoms with E-state index >= 15 is 0 Å². The Morgan fingerprint density at radius 1 is 1.24 bits per heavy atom. The highest BCUT2D eigenvalue weighted by molar-refractivity contribution is 7.18. The lowest BCUT2D eigenvalue weighted by molar-refractivity contribution is 0.100. The lowest BCUT2D eigenvalue weighted by Gasteiger charge is -2.06. The van der Waals surface area contributed by atoms with E-state index < -0.39 is 5.91 Å². The van der Waals surface area contributed by atoms with Gasteiger partial charge in [0, 0.05) is 27.2 Å². The highest BCUT2D eigenvalue weighted by Crippen LogP contribution is 2.43. The summed E-state index contributed by atoms with van der Waals surface area (Å²) < 4.78 is 0. The first-order valence-corrected chi connectivity index (χ1v) is 8.39. The molecule has 0 bridgehead atoms. The fraction of sp³-hybridized carbons (Fsp3) is 0. The van der Waals surface area contributed by atoms with Gasteiger partial charge in [0.05, 0.1) is 16.1 Å². The van der Waals surface area contributed by atoms with E-state index in [0.717, 1.165) is 11.3 Å². The van der Waals surface area contributed by atoms with Gasteiger partial charge < -0.3 is 11.5 Å². The van der Waals surface area contributed by atoms with Gasteiger partial charge in [-0.05, 0) is 12.1 Å². The number of nitrogens with zero attached hydrogens (tertiary/aromatic N) is 3. The Hall–Kier alpha value is -2.66. The minimum atomic E-state index is -0.671. The highest BCUT2D eigenvalue weighted by atomic mass is 35.5. The number of primary amides is 1. The number of rotatable bonds is 3. The van der Waals surface area contributed by atoms with Gasteiger partial charge in [-0.15, -0.1) is 11.3 Å². The predicted molar refractivity (Wildman–Crippen MR) is 98.4 cm³/mol. The lowest BCUT2D eigenvalue weighted by Crippen LogP contribution is -2.10. The summed E-state index contributed by atoms with van der Waals surface area (Å²) >= 11 is 13.2. The standard InChI is InChI=1S/C16H9Cl2N5OS/c17-7-1-2-8(10(18)3-7)13-9(5-19)14(25-15(13)16(21)24)11-4-12(20)23-6-22-11/h1-4,6H,(H2,21,24)(H2,20,22,23). The number of nitrogen functional groups attached to an aromatic ring is 1. The molecule has 2 aromatic heterocycles. The van der Waals surface area contributed by atoms with Crippen LogP contribution in [-0.4, -0.2) is 15.9 Å². The summed E-state index contributed by atoms with van der Waals surface area (Å²) in [5.41, 5.74) is 12.7. The van der Waals surface area contributed by atoms with Gasteiger partial charge in [0.2, 0.25) is 0 Å². The first-order chi connectivity index (χ1) is 11.9. The summed E-state index contributed by atoms with van der Waals surface area (Å²) in [5.74, 6) is -0.426. The Morgan fingerprint density at radius 3 is 2.60 bits per heavy atom. The second kappa shape index (κ2) is 6.69. The topological polar surface area (TPSA) is 119 Å². The normalized spacial score (nSPS) is 10.4. The van der Waals surface area contributed by atoms with Crippen LogP contribution in [-0.2, 0) is 0 Å². The van der Waals surface area contributed by atoms with E-state index in [1.54, 1.807) is 12.1 Å². The number of carbonyl (C=O) groups excluding carboxylic acids is 1. The Bertz CT molecular complexity index is 1040. The monoisotopic (exact) mass is 389 g/mol. The van der Waals surface area contributed by atoms with Crippen molar-refractivity contribution in [2.75, 3.05) is 5.73 Å². The third-order valence-corrected chi connectivity index (χ3v) is 5.14. The van der Waals surface area contributed by atoms with Gasteiger partial charge in [0.15, 0.2) is 0 Å². The number of thiophene rings is 1. The maximum Gasteiger partial charge on any atom is 0.259 e. The molecule has 3 rings (SSSR count). The van der Waals surface area contributed by atoms with Gasteiger partial charge in [0.25, 0.3) is 5.91 Å². The zero-order valence-corrected chi connectivity index (χ0v) is 14.8. The molecule has 9 heteroatoms. The number of carbonyl (C=O) groups is 1. The van der Waals surface area contributed by atoms with E-state index in [1.807, 2.05) is 0 Å². The summed E-state index contributed by atoms with van der Waals surface area (Å²) in [4.78, 5) is 20.6. The SMILES string of the molecule is N#Cc1c(-c2cc(N)ncn2)sc(C(N)=O)c1-c1ccc(Cl)cc1Cl. The van der Waals surface area contributed by atoms with Crippen LogP contribution in [0.25, 0.3) is 21.7 Å². The van der Waals surface area contributed by atoms with Crippen molar-refractivity contribution in [3.63, 3.8) is 0 Å². The third kappa shape index (κ3) is 3.15. The van der Waals surface area contributed by atoms with Crippen molar-refractivity contribution < 1.29 is 4.79 Å². The van der Waals surface area contributed by atoms with Crippen molar-refractivity contribution in [1.29, 1.82) is 5.26 Å². The minimum Gasteiger partial charge on any atom is -0.384 e. The number of amides is 1. The van der Waals surface area contributed by atoms with E-state index in [0.29, 0.717) is 31.7 Å². The van der Waals surface area contributed by atoms with Gasteiger partial charge in [0.1, 0.15) is 23.1 Å². The first-order valence-electron chi connectivity index (χ1n) is 6.82. The summed E-state index contributed by atoms with van der Waals surface area (Å²) in [5, 5.41) is 10.4. The van der Waals surface area contributed by atoms with Crippen molar-refractivity contribution in [3.8, 4) is 27.8 Å². The number of hydrogen-bond donors (Lipinski definition) is 2. The van der Waals surface area contributed by atoms with E-state index in [9.17, 15) is 10.1 Å². The molecule has 1 aromatic carbocycles. The van der Waals surface area contributed by atoms with Gasteiger partial charge in [-0.25, -0.2) is 9.97 Å². The summed E-state index contributed by atoms with van der Waals surface area (Å²) in [7, 11) is 0. The maximum atomic E-state index is 11.9. The van der Waals surface area contributed by atoms with Crippen LogP contribution < -0.4 is 11.5 Å². The molecule has 0 saturated heterocycles. The van der Waals surface area contributed by atoms with Gasteiger partial charge in [-0.1, -0.05) is 29.3 Å². The van der Waals surface area contributed by atoms with E-state index in [-0.39, 0.29) is 16.3 Å². The Balaban J connectivity index is 2.35. The smallest absolute Gasteiger partial charge is 0.259 e. The molecule has 0 aliphatic heterocycles. The van der Waals surface area contributed by atoms with E-state index in [1.165, 1.54) is 18.5 Å². The molecular formula is C16H9Cl2N5OS. The summed E-state index contributed by atoms with van der Waals surface area (Å²) in [6.45, 7) is 0. The molecule has 0 aliphatic rings. The van der Waals surface area contributed by atoms with Crippen LogP contribution in [0.1, 0.15) is 15.2 Å². The van der Waals surface area contributed by atoms with Gasteiger partial charge in [-0.2, -0.15) is 5.26 Å². The molecule has 0 fully saturated rings. The second-order valence-electron chi connectivity index (χ2n) is 4.94. The van der Waals surface area contributed by atoms with E-state index in [2.05, 4.69) is 16.0 Å². The van der Waals surface area contributed by atoms with Crippen molar-refractivity contribution in [3.05, 3.63) is 51.1 Å². The average Bonchev–Trinajstić information content (AvgIpc) is 2.94. The largest absolute Gasteiger partial charge is 0.384 e. The number of hydrogen-bond acceptors (Lipinski definition) is 6. The maximum absolute atomic E-state index is 11.9. The van der Waals surface area contributed by atoms with Crippen LogP contribution >= 0.6 is 34.5 Å². The fourth-order valence-electron chi connectivity index (χ4n) is 2.34. The van der Waals surface area contributed by atoms with Crippen LogP contribution in [0.3, 0.4) is 0 Å². The molecule has 0 saturated carbocycles. The first kappa shape index (κ1) is 17.2. The molecule has 0 unspecified atom stereocenters. The molecule has 2 heterocycles. The van der Waals surface area contributed by atoms with Crippen LogP contribution in [0.4, 0.5) is 5.82 Å². The molecule has 3 aromatic rings. The molecule has 0 atom stereocenters. The molecule has 124 valence electrons. The van der Waals surface area contributed by atoms with Crippen LogP contribution in [0.5, 0.6) is 0 Å². The Kier molecular flexibility index (Phi) is 4.59. The third-order valence-electron chi connectivity index (χ3n) is 3.37. The van der Waals surface area contributed by atoms with Gasteiger partial charge in [-0.3, -0.25) is 4.79 Å². The zero-order chi connectivity index (χ0) is 18.1. The number of nitriles is 1. The molecule has 0 aliphatic carbocycles. The number of nitrogens with two attached hydrogens (primary N) is 2. The number of aromatic nitrogens is 2. The predicted octanol–water partition coefficient (Wildman–Crippen LogP) is 3.73. The van der Waals surface area contributed by atoms with Crippen molar-refractivity contribution in [2.24, 2.45) is 5.73 Å². The molecule has 4 N–H and O–H groups in total. The Labute approximate surface area is 156 Å². The summed E-state index contributed by atoms with van der Waals surface area (Å²) in [6, 6.07) is 8.41. The second-order valence-corrected chi connectivity index (χ2v) is 6.80. The Morgan fingerprint density at radius 2 is 2.00 bits per heavy atom. The molecule has 1 amide bonds. The van der Waals surface area contributed by atoms with Crippen LogP contribution in [0.15, 0.2) is 30.6 Å². The van der Waals surface area contributed by atoms with Crippen molar-refractivity contribution in [1.82, 2.24) is 9.97 Å². The zero-order valence-electron chi connectivity index (χ0n) is 12.5. The van der Waals surface area contributed by atoms with Crippen molar-refractivity contribution >= 4 is 46.3 Å². The highest BCUT2D eigenvalue weighted by Gasteiger charge is 2.25. The van der Waals surface area contributed by atoms with E-state index in [4.69, 9.17) is 34.7 Å². The molecule has 6 nitrogen and oxygen atoms in total. The van der Waals surface area contributed by atoms with Crippen molar-refractivity contribution in [2.45, 2.75) is 0 Å². The lowest BCUT2D eigenvalue weighted by atomic mass is 9.99. The quantitative estimate of drug-likeness (QED) is 0.706. The van der Waals surface area contributed by atoms with Crippen LogP contribution in [0, 0.1) is 11.3 Å². The minimum absolute atomic E-state index is 0.202. The molecule has 0 radical (unpaired) electrons.